The number of anilines is 1. The Balaban J connectivity index is 1.90. The number of aliphatic hydroxyl groups excluding tert-OH is 1. The van der Waals surface area contributed by atoms with Gasteiger partial charge in [-0.1, -0.05) is 53.5 Å². The second-order valence-corrected chi connectivity index (χ2v) is 6.85. The second-order valence-electron chi connectivity index (χ2n) is 6.04. The van der Waals surface area contributed by atoms with Crippen LogP contribution in [-0.2, 0) is 0 Å². The van der Waals surface area contributed by atoms with Crippen molar-refractivity contribution < 1.29 is 5.11 Å². The predicted octanol–water partition coefficient (Wildman–Crippen LogP) is 4.47. The van der Waals surface area contributed by atoms with Crippen LogP contribution in [0.4, 0.5) is 5.69 Å². The van der Waals surface area contributed by atoms with Crippen LogP contribution >= 0.6 is 23.2 Å². The van der Waals surface area contributed by atoms with E-state index in [-0.39, 0.29) is 17.7 Å². The minimum absolute atomic E-state index is 0.0601. The molecular weight excluding hydrogens is 385 g/mol. The van der Waals surface area contributed by atoms with Gasteiger partial charge in [-0.2, -0.15) is 9.78 Å². The molecule has 0 aliphatic heterocycles. The number of hydrogen-bond donors (Lipinski definition) is 2. The fourth-order valence-corrected chi connectivity index (χ4v) is 3.10. The molecule has 0 bridgehead atoms. The first-order valence-electron chi connectivity index (χ1n) is 8.56. The summed E-state index contributed by atoms with van der Waals surface area (Å²) in [4.78, 5) is 12.7. The van der Waals surface area contributed by atoms with Crippen LogP contribution in [-0.4, -0.2) is 21.5 Å². The van der Waals surface area contributed by atoms with Crippen molar-refractivity contribution in [3.63, 3.8) is 0 Å². The average molecular weight is 404 g/mol. The highest BCUT2D eigenvalue weighted by Crippen LogP contribution is 2.26. The third-order valence-electron chi connectivity index (χ3n) is 4.17. The van der Waals surface area contributed by atoms with Gasteiger partial charge in [0.15, 0.2) is 0 Å². The van der Waals surface area contributed by atoms with Gasteiger partial charge in [0.05, 0.1) is 23.6 Å². The van der Waals surface area contributed by atoms with E-state index in [4.69, 9.17) is 23.2 Å². The Morgan fingerprint density at radius 2 is 1.78 bits per heavy atom. The van der Waals surface area contributed by atoms with E-state index in [2.05, 4.69) is 10.4 Å². The predicted molar refractivity (Wildman–Crippen MR) is 109 cm³/mol. The number of nitrogens with one attached hydrogen (secondary N) is 1. The fraction of sp³-hybridized carbons (Fsp3) is 0.200. The van der Waals surface area contributed by atoms with E-state index >= 15 is 0 Å². The van der Waals surface area contributed by atoms with Crippen LogP contribution in [0.15, 0.2) is 65.6 Å². The van der Waals surface area contributed by atoms with Crippen molar-refractivity contribution in [2.75, 3.05) is 11.9 Å². The zero-order chi connectivity index (χ0) is 19.2. The summed E-state index contributed by atoms with van der Waals surface area (Å²) in [6.07, 6.45) is 2.85. The second kappa shape index (κ2) is 9.04. The molecule has 140 valence electrons. The van der Waals surface area contributed by atoms with Crippen LogP contribution in [0.2, 0.25) is 10.0 Å². The molecule has 0 aliphatic carbocycles. The Hall–Kier alpha value is -2.34. The highest BCUT2D eigenvalue weighted by Gasteiger charge is 2.16. The standard InChI is InChI=1S/C20H19Cl2N3O2/c21-15-8-10-16(11-9-15)25-20(27)19(22)18(13-23-25)24-17(7-4-12-26)14-5-2-1-3-6-14/h1-3,5-6,8-11,13,17,24,26H,4,7,12H2. The molecule has 3 rings (SSSR count). The largest absolute Gasteiger partial charge is 0.396 e. The molecule has 3 aromatic rings. The normalized spacial score (nSPS) is 12.0. The highest BCUT2D eigenvalue weighted by molar-refractivity contribution is 6.33. The van der Waals surface area contributed by atoms with Crippen molar-refractivity contribution in [1.29, 1.82) is 0 Å². The number of benzene rings is 2. The third-order valence-corrected chi connectivity index (χ3v) is 4.79. The zero-order valence-corrected chi connectivity index (χ0v) is 16.0. The molecule has 0 saturated heterocycles. The molecular formula is C20H19Cl2N3O2. The van der Waals surface area contributed by atoms with Gasteiger partial charge in [0.1, 0.15) is 5.02 Å². The molecule has 0 amide bonds. The Morgan fingerprint density at radius 1 is 1.07 bits per heavy atom. The Kier molecular flexibility index (Phi) is 6.50. The number of halogens is 2. The topological polar surface area (TPSA) is 67.2 Å². The number of aromatic nitrogens is 2. The summed E-state index contributed by atoms with van der Waals surface area (Å²) in [6, 6.07) is 16.5. The van der Waals surface area contributed by atoms with Crippen molar-refractivity contribution in [1.82, 2.24) is 9.78 Å². The first-order valence-corrected chi connectivity index (χ1v) is 9.32. The SMILES string of the molecule is O=c1c(Cl)c(NC(CCCO)c2ccccc2)cnn1-c1ccc(Cl)cc1. The van der Waals surface area contributed by atoms with Gasteiger partial charge in [0, 0.05) is 11.6 Å². The molecule has 0 aliphatic rings. The van der Waals surface area contributed by atoms with E-state index in [1.54, 1.807) is 24.3 Å². The van der Waals surface area contributed by atoms with E-state index in [0.29, 0.717) is 29.2 Å². The molecule has 0 spiro atoms. The molecule has 2 N–H and O–H groups in total. The number of rotatable bonds is 7. The first-order chi connectivity index (χ1) is 13.1. The number of nitrogens with zero attached hydrogens (tertiary/aromatic N) is 2. The quantitative estimate of drug-likeness (QED) is 0.610. The van der Waals surface area contributed by atoms with Crippen LogP contribution in [0, 0.1) is 0 Å². The minimum Gasteiger partial charge on any atom is -0.396 e. The van der Waals surface area contributed by atoms with Crippen LogP contribution in [0.5, 0.6) is 0 Å². The molecule has 0 saturated carbocycles. The first kappa shape index (κ1) is 19.4. The van der Waals surface area contributed by atoms with Crippen molar-refractivity contribution in [3.05, 3.63) is 86.8 Å². The van der Waals surface area contributed by atoms with Gasteiger partial charge in [0.25, 0.3) is 5.56 Å². The lowest BCUT2D eigenvalue weighted by Crippen LogP contribution is -2.23. The summed E-state index contributed by atoms with van der Waals surface area (Å²) in [6.45, 7) is 0.0924. The van der Waals surface area contributed by atoms with E-state index in [1.165, 1.54) is 10.9 Å². The fourth-order valence-electron chi connectivity index (χ4n) is 2.79. The molecule has 2 aromatic carbocycles. The van der Waals surface area contributed by atoms with Gasteiger partial charge in [-0.3, -0.25) is 4.79 Å². The summed E-state index contributed by atoms with van der Waals surface area (Å²) in [7, 11) is 0. The molecule has 7 heteroatoms. The zero-order valence-electron chi connectivity index (χ0n) is 14.5. The monoisotopic (exact) mass is 403 g/mol. The van der Waals surface area contributed by atoms with Gasteiger partial charge in [-0.05, 0) is 42.7 Å². The summed E-state index contributed by atoms with van der Waals surface area (Å²) >= 11 is 12.2. The van der Waals surface area contributed by atoms with Crippen molar-refractivity contribution in [2.24, 2.45) is 0 Å². The number of hydrogen-bond acceptors (Lipinski definition) is 4. The molecule has 1 atom stereocenters. The molecule has 5 nitrogen and oxygen atoms in total. The molecule has 0 radical (unpaired) electrons. The third kappa shape index (κ3) is 4.69. The number of aliphatic hydroxyl groups is 1. The average Bonchev–Trinajstić information content (AvgIpc) is 2.70. The van der Waals surface area contributed by atoms with E-state index in [9.17, 15) is 9.90 Å². The van der Waals surface area contributed by atoms with Gasteiger partial charge in [0.2, 0.25) is 0 Å². The molecule has 27 heavy (non-hydrogen) atoms. The van der Waals surface area contributed by atoms with Gasteiger partial charge in [-0.15, -0.1) is 0 Å². The molecule has 0 fully saturated rings. The van der Waals surface area contributed by atoms with Crippen LogP contribution in [0.3, 0.4) is 0 Å². The van der Waals surface area contributed by atoms with E-state index in [0.717, 1.165) is 5.56 Å². The maximum atomic E-state index is 12.7. The highest BCUT2D eigenvalue weighted by atomic mass is 35.5. The molecule has 1 aromatic heterocycles. The lowest BCUT2D eigenvalue weighted by Gasteiger charge is -2.21. The van der Waals surface area contributed by atoms with Crippen molar-refractivity contribution in [2.45, 2.75) is 18.9 Å². The Bertz CT molecular complexity index is 944. The van der Waals surface area contributed by atoms with Crippen LogP contribution < -0.4 is 10.9 Å². The lowest BCUT2D eigenvalue weighted by molar-refractivity contribution is 0.281. The van der Waals surface area contributed by atoms with Crippen molar-refractivity contribution >= 4 is 28.9 Å². The molecule has 1 heterocycles. The Morgan fingerprint density at radius 3 is 2.44 bits per heavy atom. The maximum absolute atomic E-state index is 12.7. The summed E-state index contributed by atoms with van der Waals surface area (Å²) in [5.74, 6) is 0. The summed E-state index contributed by atoms with van der Waals surface area (Å²) < 4.78 is 1.23. The van der Waals surface area contributed by atoms with E-state index in [1.807, 2.05) is 30.3 Å². The summed E-state index contributed by atoms with van der Waals surface area (Å²) in [5.41, 5.74) is 1.67. The van der Waals surface area contributed by atoms with Gasteiger partial charge < -0.3 is 10.4 Å². The maximum Gasteiger partial charge on any atom is 0.292 e. The van der Waals surface area contributed by atoms with Crippen LogP contribution in [0.1, 0.15) is 24.4 Å². The van der Waals surface area contributed by atoms with E-state index < -0.39 is 5.56 Å². The van der Waals surface area contributed by atoms with Crippen molar-refractivity contribution in [3.8, 4) is 5.69 Å². The van der Waals surface area contributed by atoms with Gasteiger partial charge >= 0.3 is 0 Å². The smallest absolute Gasteiger partial charge is 0.292 e. The van der Waals surface area contributed by atoms with Crippen LogP contribution in [0.25, 0.3) is 5.69 Å². The minimum atomic E-state index is -0.419. The summed E-state index contributed by atoms with van der Waals surface area (Å²) in [5, 5.41) is 17.3. The Labute approximate surface area is 167 Å². The molecule has 1 unspecified atom stereocenters. The lowest BCUT2D eigenvalue weighted by atomic mass is 10.0. The van der Waals surface area contributed by atoms with Gasteiger partial charge in [-0.25, -0.2) is 0 Å².